The van der Waals surface area contributed by atoms with Crippen LogP contribution in [0.1, 0.15) is 18.4 Å². The lowest BCUT2D eigenvalue weighted by molar-refractivity contribution is -0.385. The molecule has 0 amide bonds. The molecule has 6 heteroatoms. The number of rotatable bonds is 7. The SMILES string of the molecule is C=C(CNC1CC1)COc1c(C)cc(Br)cc1[N+](=O)[O-]. The Morgan fingerprint density at radius 1 is 1.60 bits per heavy atom. The standard InChI is InChI=1S/C14H17BrN2O3/c1-9(7-16-12-3-4-12)8-20-14-10(2)5-11(15)6-13(14)17(18)19/h5-6,12,16H,1,3-4,7-8H2,2H3. The van der Waals surface area contributed by atoms with E-state index in [-0.39, 0.29) is 12.3 Å². The second kappa shape index (κ2) is 6.37. The van der Waals surface area contributed by atoms with Gasteiger partial charge in [-0.2, -0.15) is 0 Å². The number of benzene rings is 1. The van der Waals surface area contributed by atoms with Crippen molar-refractivity contribution < 1.29 is 9.66 Å². The number of nitro groups is 1. The summed E-state index contributed by atoms with van der Waals surface area (Å²) in [7, 11) is 0. The molecule has 0 bridgehead atoms. The van der Waals surface area contributed by atoms with Gasteiger partial charge in [-0.15, -0.1) is 0 Å². The third-order valence-corrected chi connectivity index (χ3v) is 3.51. The van der Waals surface area contributed by atoms with Crippen molar-refractivity contribution >= 4 is 21.6 Å². The molecule has 1 saturated carbocycles. The van der Waals surface area contributed by atoms with E-state index in [0.29, 0.717) is 22.8 Å². The van der Waals surface area contributed by atoms with Crippen LogP contribution in [0.4, 0.5) is 5.69 Å². The second-order valence-corrected chi connectivity index (χ2v) is 5.94. The molecule has 1 aromatic rings. The lowest BCUT2D eigenvalue weighted by Gasteiger charge is -2.12. The number of halogens is 1. The number of ether oxygens (including phenoxy) is 1. The monoisotopic (exact) mass is 340 g/mol. The number of hydrogen-bond donors (Lipinski definition) is 1. The van der Waals surface area contributed by atoms with Crippen molar-refractivity contribution in [3.63, 3.8) is 0 Å². The number of nitro benzene ring substituents is 1. The molecule has 5 nitrogen and oxygen atoms in total. The maximum atomic E-state index is 11.1. The number of hydrogen-bond acceptors (Lipinski definition) is 4. The molecule has 0 saturated heterocycles. The van der Waals surface area contributed by atoms with E-state index in [4.69, 9.17) is 4.74 Å². The zero-order valence-corrected chi connectivity index (χ0v) is 12.9. The van der Waals surface area contributed by atoms with Gasteiger partial charge in [0.15, 0.2) is 5.75 Å². The largest absolute Gasteiger partial charge is 0.482 e. The predicted octanol–water partition coefficient (Wildman–Crippen LogP) is 3.35. The van der Waals surface area contributed by atoms with Crippen molar-refractivity contribution in [2.24, 2.45) is 0 Å². The third-order valence-electron chi connectivity index (χ3n) is 3.06. The third kappa shape index (κ3) is 4.05. The molecule has 0 unspecified atom stereocenters. The molecule has 1 aliphatic carbocycles. The highest BCUT2D eigenvalue weighted by Gasteiger charge is 2.21. The van der Waals surface area contributed by atoms with Gasteiger partial charge in [-0.1, -0.05) is 22.5 Å². The number of aryl methyl sites for hydroxylation is 1. The lowest BCUT2D eigenvalue weighted by atomic mass is 10.2. The van der Waals surface area contributed by atoms with Crippen LogP contribution in [0.25, 0.3) is 0 Å². The molecule has 0 aromatic heterocycles. The van der Waals surface area contributed by atoms with Crippen molar-refractivity contribution in [2.75, 3.05) is 13.2 Å². The first-order valence-corrected chi connectivity index (χ1v) is 7.24. The molecule has 20 heavy (non-hydrogen) atoms. The van der Waals surface area contributed by atoms with Crippen LogP contribution in [0.5, 0.6) is 5.75 Å². The highest BCUT2D eigenvalue weighted by atomic mass is 79.9. The first-order valence-electron chi connectivity index (χ1n) is 6.44. The zero-order valence-electron chi connectivity index (χ0n) is 11.3. The van der Waals surface area contributed by atoms with E-state index in [0.717, 1.165) is 11.1 Å². The minimum absolute atomic E-state index is 0.0279. The van der Waals surface area contributed by atoms with Gasteiger partial charge < -0.3 is 10.1 Å². The van der Waals surface area contributed by atoms with Gasteiger partial charge >= 0.3 is 5.69 Å². The first kappa shape index (κ1) is 15.0. The molecule has 2 rings (SSSR count). The van der Waals surface area contributed by atoms with Gasteiger partial charge in [0.2, 0.25) is 0 Å². The van der Waals surface area contributed by atoms with Crippen LogP contribution in [-0.2, 0) is 0 Å². The van der Waals surface area contributed by atoms with Gasteiger partial charge in [-0.3, -0.25) is 10.1 Å². The van der Waals surface area contributed by atoms with E-state index in [9.17, 15) is 10.1 Å². The molecule has 1 aromatic carbocycles. The van der Waals surface area contributed by atoms with Gasteiger partial charge in [0.05, 0.1) is 4.92 Å². The van der Waals surface area contributed by atoms with Gasteiger partial charge in [0.25, 0.3) is 0 Å². The van der Waals surface area contributed by atoms with Crippen molar-refractivity contribution in [1.29, 1.82) is 0 Å². The molecule has 0 radical (unpaired) electrons. The summed E-state index contributed by atoms with van der Waals surface area (Å²) in [4.78, 5) is 10.6. The fourth-order valence-corrected chi connectivity index (χ4v) is 2.40. The van der Waals surface area contributed by atoms with Crippen LogP contribution in [0, 0.1) is 17.0 Å². The Kier molecular flexibility index (Phi) is 4.77. The van der Waals surface area contributed by atoms with Gasteiger partial charge in [0, 0.05) is 23.1 Å². The summed E-state index contributed by atoms with van der Waals surface area (Å²) in [5.41, 5.74) is 1.59. The van der Waals surface area contributed by atoms with Crippen molar-refractivity contribution in [3.8, 4) is 5.75 Å². The topological polar surface area (TPSA) is 64.4 Å². The summed E-state index contributed by atoms with van der Waals surface area (Å²) in [6.45, 7) is 6.68. The maximum Gasteiger partial charge on any atom is 0.312 e. The van der Waals surface area contributed by atoms with E-state index in [1.807, 2.05) is 0 Å². The summed E-state index contributed by atoms with van der Waals surface area (Å²) >= 11 is 3.26. The first-order chi connectivity index (χ1) is 9.47. The Bertz CT molecular complexity index is 541. The summed E-state index contributed by atoms with van der Waals surface area (Å²) in [5.74, 6) is 0.311. The summed E-state index contributed by atoms with van der Waals surface area (Å²) in [6, 6.07) is 3.86. The molecule has 0 spiro atoms. The van der Waals surface area contributed by atoms with Crippen molar-refractivity contribution in [3.05, 3.63) is 44.4 Å². The molecule has 1 fully saturated rings. The molecule has 1 aliphatic rings. The van der Waals surface area contributed by atoms with Crippen LogP contribution in [-0.4, -0.2) is 24.1 Å². The molecule has 0 heterocycles. The minimum Gasteiger partial charge on any atom is -0.482 e. The smallest absolute Gasteiger partial charge is 0.312 e. The Morgan fingerprint density at radius 3 is 2.90 bits per heavy atom. The number of nitrogens with zero attached hydrogens (tertiary/aromatic N) is 1. The van der Waals surface area contributed by atoms with E-state index in [1.54, 1.807) is 13.0 Å². The van der Waals surface area contributed by atoms with Crippen LogP contribution in [0.3, 0.4) is 0 Å². The summed E-state index contributed by atoms with van der Waals surface area (Å²) < 4.78 is 6.27. The quantitative estimate of drug-likeness (QED) is 0.469. The van der Waals surface area contributed by atoms with E-state index < -0.39 is 4.92 Å². The van der Waals surface area contributed by atoms with Crippen molar-refractivity contribution in [1.82, 2.24) is 5.32 Å². The molecule has 0 atom stereocenters. The van der Waals surface area contributed by atoms with Gasteiger partial charge in [-0.25, -0.2) is 0 Å². The van der Waals surface area contributed by atoms with Crippen LogP contribution in [0.2, 0.25) is 0 Å². The Morgan fingerprint density at radius 2 is 2.30 bits per heavy atom. The Labute approximate surface area is 126 Å². The Hall–Kier alpha value is -1.40. The molecular weight excluding hydrogens is 324 g/mol. The molecule has 0 aliphatic heterocycles. The van der Waals surface area contributed by atoms with Crippen LogP contribution >= 0.6 is 15.9 Å². The zero-order chi connectivity index (χ0) is 14.7. The Balaban J connectivity index is 2.00. The summed E-state index contributed by atoms with van der Waals surface area (Å²) in [5, 5.41) is 14.4. The highest BCUT2D eigenvalue weighted by Crippen LogP contribution is 2.34. The minimum atomic E-state index is -0.432. The van der Waals surface area contributed by atoms with Gasteiger partial charge in [-0.05, 0) is 37.0 Å². The maximum absolute atomic E-state index is 11.1. The van der Waals surface area contributed by atoms with Crippen LogP contribution in [0.15, 0.2) is 28.8 Å². The van der Waals surface area contributed by atoms with E-state index >= 15 is 0 Å². The molecule has 1 N–H and O–H groups in total. The fraction of sp³-hybridized carbons (Fsp3) is 0.429. The second-order valence-electron chi connectivity index (χ2n) is 5.02. The highest BCUT2D eigenvalue weighted by molar-refractivity contribution is 9.10. The average molecular weight is 341 g/mol. The van der Waals surface area contributed by atoms with Crippen molar-refractivity contribution in [2.45, 2.75) is 25.8 Å². The fourth-order valence-electron chi connectivity index (χ4n) is 1.84. The number of nitrogens with one attached hydrogen (secondary N) is 1. The lowest BCUT2D eigenvalue weighted by Crippen LogP contribution is -2.21. The van der Waals surface area contributed by atoms with E-state index in [1.165, 1.54) is 18.9 Å². The van der Waals surface area contributed by atoms with Crippen LogP contribution < -0.4 is 10.1 Å². The predicted molar refractivity (Wildman–Crippen MR) is 81.2 cm³/mol. The summed E-state index contributed by atoms with van der Waals surface area (Å²) in [6.07, 6.45) is 2.43. The molecule has 108 valence electrons. The normalized spacial score (nSPS) is 14.1. The molecular formula is C14H17BrN2O3. The van der Waals surface area contributed by atoms with E-state index in [2.05, 4.69) is 27.8 Å². The van der Waals surface area contributed by atoms with Gasteiger partial charge in [0.1, 0.15) is 6.61 Å². The average Bonchev–Trinajstić information content (AvgIpc) is 3.18.